The van der Waals surface area contributed by atoms with Gasteiger partial charge in [-0.2, -0.15) is 0 Å². The van der Waals surface area contributed by atoms with Crippen LogP contribution in [0.1, 0.15) is 18.4 Å². The van der Waals surface area contributed by atoms with Crippen molar-refractivity contribution >= 4 is 22.9 Å². The Kier molecular flexibility index (Phi) is 5.97. The second-order valence-corrected chi connectivity index (χ2v) is 7.31. The van der Waals surface area contributed by atoms with E-state index in [9.17, 15) is 4.79 Å². The number of amides is 1. The lowest BCUT2D eigenvalue weighted by Gasteiger charge is -2.32. The SMILES string of the molecule is COc1ccc(CCNC(=O)[C@@H]2CCCN(c3ncnc4nc[nH]c34)C2)cc1OC. The molecule has 0 aliphatic carbocycles. The number of hydrogen-bond acceptors (Lipinski definition) is 7. The normalized spacial score (nSPS) is 16.5. The number of piperidine rings is 1. The largest absolute Gasteiger partial charge is 0.493 e. The maximum absolute atomic E-state index is 12.8. The highest BCUT2D eigenvalue weighted by atomic mass is 16.5. The van der Waals surface area contributed by atoms with Crippen LogP contribution in [0.25, 0.3) is 11.2 Å². The summed E-state index contributed by atoms with van der Waals surface area (Å²) in [5.74, 6) is 2.20. The van der Waals surface area contributed by atoms with Crippen molar-refractivity contribution in [2.75, 3.05) is 38.8 Å². The van der Waals surface area contributed by atoms with E-state index in [0.29, 0.717) is 30.2 Å². The number of rotatable bonds is 7. The van der Waals surface area contributed by atoms with Gasteiger partial charge >= 0.3 is 0 Å². The molecule has 9 heteroatoms. The fourth-order valence-corrected chi connectivity index (χ4v) is 3.89. The number of anilines is 1. The molecule has 2 N–H and O–H groups in total. The summed E-state index contributed by atoms with van der Waals surface area (Å²) in [6.07, 6.45) is 5.67. The lowest BCUT2D eigenvalue weighted by Crippen LogP contribution is -2.43. The molecule has 1 aliphatic rings. The zero-order chi connectivity index (χ0) is 20.9. The molecule has 1 amide bonds. The molecule has 1 atom stereocenters. The summed E-state index contributed by atoms with van der Waals surface area (Å²) in [5, 5.41) is 3.08. The number of carbonyl (C=O) groups excluding carboxylic acids is 1. The number of fused-ring (bicyclic) bond motifs is 1. The highest BCUT2D eigenvalue weighted by Gasteiger charge is 2.27. The number of H-pyrrole nitrogens is 1. The number of nitrogens with one attached hydrogen (secondary N) is 2. The average molecular weight is 410 g/mol. The van der Waals surface area contributed by atoms with Gasteiger partial charge in [0.15, 0.2) is 23.0 Å². The number of carbonyl (C=O) groups is 1. The predicted octanol–water partition coefficient (Wildman–Crippen LogP) is 1.95. The van der Waals surface area contributed by atoms with Crippen molar-refractivity contribution in [1.82, 2.24) is 25.3 Å². The predicted molar refractivity (Wildman–Crippen MR) is 113 cm³/mol. The number of methoxy groups -OCH3 is 2. The number of benzene rings is 1. The third kappa shape index (κ3) is 4.14. The summed E-state index contributed by atoms with van der Waals surface area (Å²) in [5.41, 5.74) is 2.54. The molecule has 3 heterocycles. The van der Waals surface area contributed by atoms with Crippen molar-refractivity contribution in [1.29, 1.82) is 0 Å². The van der Waals surface area contributed by atoms with Crippen LogP contribution >= 0.6 is 0 Å². The number of hydrogen-bond donors (Lipinski definition) is 2. The minimum Gasteiger partial charge on any atom is -0.493 e. The Morgan fingerprint density at radius 3 is 2.93 bits per heavy atom. The molecular formula is C21H26N6O3. The summed E-state index contributed by atoms with van der Waals surface area (Å²) >= 11 is 0. The maximum Gasteiger partial charge on any atom is 0.224 e. The van der Waals surface area contributed by atoms with Crippen LogP contribution in [0.4, 0.5) is 5.82 Å². The number of aromatic nitrogens is 4. The molecule has 30 heavy (non-hydrogen) atoms. The minimum absolute atomic E-state index is 0.0721. The molecule has 1 fully saturated rings. The molecule has 1 aromatic carbocycles. The number of imidazole rings is 1. The van der Waals surface area contributed by atoms with Crippen LogP contribution in [-0.4, -0.2) is 59.7 Å². The molecular weight excluding hydrogens is 384 g/mol. The van der Waals surface area contributed by atoms with Crippen LogP contribution < -0.4 is 19.7 Å². The second kappa shape index (κ2) is 8.98. The van der Waals surface area contributed by atoms with Gasteiger partial charge in [-0.3, -0.25) is 4.79 Å². The fraction of sp³-hybridized carbons (Fsp3) is 0.429. The molecule has 3 aromatic rings. The minimum atomic E-state index is -0.0721. The Morgan fingerprint density at radius 1 is 1.23 bits per heavy atom. The molecule has 2 aromatic heterocycles. The van der Waals surface area contributed by atoms with Crippen molar-refractivity contribution in [3.63, 3.8) is 0 Å². The average Bonchev–Trinajstić information content (AvgIpc) is 3.28. The van der Waals surface area contributed by atoms with Gasteiger partial charge in [0.05, 0.1) is 26.5 Å². The molecule has 0 unspecified atom stereocenters. The first-order valence-corrected chi connectivity index (χ1v) is 10.1. The van der Waals surface area contributed by atoms with Crippen molar-refractivity contribution in [3.8, 4) is 11.5 Å². The van der Waals surface area contributed by atoms with Crippen LogP contribution in [-0.2, 0) is 11.2 Å². The van der Waals surface area contributed by atoms with Crippen molar-refractivity contribution < 1.29 is 14.3 Å². The van der Waals surface area contributed by atoms with E-state index in [4.69, 9.17) is 9.47 Å². The summed E-state index contributed by atoms with van der Waals surface area (Å²) in [6, 6.07) is 5.81. The van der Waals surface area contributed by atoms with E-state index in [1.165, 1.54) is 6.33 Å². The molecule has 9 nitrogen and oxygen atoms in total. The smallest absolute Gasteiger partial charge is 0.224 e. The zero-order valence-corrected chi connectivity index (χ0v) is 17.2. The summed E-state index contributed by atoms with van der Waals surface area (Å²) in [4.78, 5) is 30.8. The van der Waals surface area contributed by atoms with E-state index >= 15 is 0 Å². The summed E-state index contributed by atoms with van der Waals surface area (Å²) in [6.45, 7) is 2.07. The third-order valence-electron chi connectivity index (χ3n) is 5.46. The van der Waals surface area contributed by atoms with Crippen molar-refractivity contribution in [3.05, 3.63) is 36.4 Å². The molecule has 1 aliphatic heterocycles. The van der Waals surface area contributed by atoms with Crippen LogP contribution in [0.15, 0.2) is 30.9 Å². The van der Waals surface area contributed by atoms with E-state index < -0.39 is 0 Å². The van der Waals surface area contributed by atoms with E-state index in [1.54, 1.807) is 20.5 Å². The molecule has 0 radical (unpaired) electrons. The van der Waals surface area contributed by atoms with Gasteiger partial charge in [-0.15, -0.1) is 0 Å². The monoisotopic (exact) mass is 410 g/mol. The van der Waals surface area contributed by atoms with Crippen molar-refractivity contribution in [2.24, 2.45) is 5.92 Å². The lowest BCUT2D eigenvalue weighted by atomic mass is 9.97. The standard InChI is InChI=1S/C21H26N6O3/c1-29-16-6-5-14(10-17(16)30-2)7-8-22-21(28)15-4-3-9-27(11-15)20-18-19(24-12-23-18)25-13-26-20/h5-6,10,12-13,15H,3-4,7-9,11H2,1-2H3,(H,22,28)(H,23,24,25,26)/t15-/m1/s1. The fourth-order valence-electron chi connectivity index (χ4n) is 3.89. The molecule has 0 spiro atoms. The number of aromatic amines is 1. The zero-order valence-electron chi connectivity index (χ0n) is 17.2. The number of ether oxygens (including phenoxy) is 2. The molecule has 0 bridgehead atoms. The Balaban J connectivity index is 1.34. The molecule has 0 saturated carbocycles. The second-order valence-electron chi connectivity index (χ2n) is 7.31. The first-order chi connectivity index (χ1) is 14.7. The van der Waals surface area contributed by atoms with Gasteiger partial charge in [0, 0.05) is 19.6 Å². The van der Waals surface area contributed by atoms with Gasteiger partial charge in [-0.05, 0) is 37.0 Å². The number of nitrogens with zero attached hydrogens (tertiary/aromatic N) is 4. The van der Waals surface area contributed by atoms with Gasteiger partial charge < -0.3 is 24.7 Å². The van der Waals surface area contributed by atoms with E-state index in [0.717, 1.165) is 42.7 Å². The van der Waals surface area contributed by atoms with Gasteiger partial charge in [0.1, 0.15) is 11.8 Å². The quantitative estimate of drug-likeness (QED) is 0.613. The van der Waals surface area contributed by atoms with Crippen LogP contribution in [0.2, 0.25) is 0 Å². The Bertz CT molecular complexity index is 1020. The van der Waals surface area contributed by atoms with E-state index in [-0.39, 0.29) is 11.8 Å². The topological polar surface area (TPSA) is 105 Å². The lowest BCUT2D eigenvalue weighted by molar-refractivity contribution is -0.125. The van der Waals surface area contributed by atoms with Gasteiger partial charge in [-0.25, -0.2) is 15.0 Å². The highest BCUT2D eigenvalue weighted by molar-refractivity contribution is 5.84. The van der Waals surface area contributed by atoms with E-state index in [1.807, 2.05) is 18.2 Å². The Labute approximate surface area is 174 Å². The third-order valence-corrected chi connectivity index (χ3v) is 5.46. The van der Waals surface area contributed by atoms with Gasteiger partial charge in [0.2, 0.25) is 5.91 Å². The van der Waals surface area contributed by atoms with Crippen LogP contribution in [0.5, 0.6) is 11.5 Å². The van der Waals surface area contributed by atoms with Crippen LogP contribution in [0.3, 0.4) is 0 Å². The maximum atomic E-state index is 12.8. The Hall–Kier alpha value is -3.36. The molecule has 4 rings (SSSR count). The van der Waals surface area contributed by atoms with Crippen molar-refractivity contribution in [2.45, 2.75) is 19.3 Å². The summed E-state index contributed by atoms with van der Waals surface area (Å²) < 4.78 is 10.6. The van der Waals surface area contributed by atoms with Crippen LogP contribution in [0, 0.1) is 5.92 Å². The first kappa shape index (κ1) is 19.9. The highest BCUT2D eigenvalue weighted by Crippen LogP contribution is 2.28. The van der Waals surface area contributed by atoms with Gasteiger partial charge in [-0.1, -0.05) is 6.07 Å². The Morgan fingerprint density at radius 2 is 2.10 bits per heavy atom. The summed E-state index contributed by atoms with van der Waals surface area (Å²) in [7, 11) is 3.23. The first-order valence-electron chi connectivity index (χ1n) is 10.1. The van der Waals surface area contributed by atoms with Gasteiger partial charge in [0.25, 0.3) is 0 Å². The molecule has 1 saturated heterocycles. The molecule has 158 valence electrons. The van der Waals surface area contributed by atoms with E-state index in [2.05, 4.69) is 30.2 Å².